The van der Waals surface area contributed by atoms with Crippen LogP contribution in [-0.4, -0.2) is 10.2 Å². The van der Waals surface area contributed by atoms with Crippen LogP contribution in [0, 0.1) is 24.1 Å². The van der Waals surface area contributed by atoms with Gasteiger partial charge in [0.2, 0.25) is 0 Å². The molecule has 0 radical (unpaired) electrons. The molecular weight excluding hydrogens is 369 g/mol. The quantitative estimate of drug-likeness (QED) is 0.627. The summed E-state index contributed by atoms with van der Waals surface area (Å²) in [6, 6.07) is 9.55. The number of phenolic OH excluding ortho intramolecular Hbond substituents is 2. The lowest BCUT2D eigenvalue weighted by atomic mass is 9.87. The van der Waals surface area contributed by atoms with Crippen LogP contribution >= 0.6 is 11.6 Å². The highest BCUT2D eigenvalue weighted by atomic mass is 35.5. The maximum Gasteiger partial charge on any atom is 0.170 e. The summed E-state index contributed by atoms with van der Waals surface area (Å²) >= 11 is 5.96. The number of aryl methyl sites for hydroxylation is 1. The lowest BCUT2D eigenvalue weighted by Gasteiger charge is -2.17. The number of fused-ring (bicyclic) bond motifs is 1. The van der Waals surface area contributed by atoms with E-state index in [1.807, 2.05) is 13.0 Å². The predicted molar refractivity (Wildman–Crippen MR) is 99.1 cm³/mol. The minimum Gasteiger partial charge on any atom is -0.508 e. The van der Waals surface area contributed by atoms with E-state index in [0.29, 0.717) is 22.5 Å². The number of nitriles is 1. The van der Waals surface area contributed by atoms with Crippen molar-refractivity contribution < 1.29 is 19.0 Å². The zero-order valence-corrected chi connectivity index (χ0v) is 14.9. The molecule has 4 rings (SSSR count). The first-order chi connectivity index (χ1) is 12.9. The molecule has 1 aromatic heterocycles. The summed E-state index contributed by atoms with van der Waals surface area (Å²) < 4.78 is 19.7. The standard InChI is InChI=1S/C21H13ClFNO3/c1-10-4-13(25)7-16-14(10)8-15(12-5-17(22)20(26)18(23)6-12)19(16)21-11(9-24)2-3-27-21/h2-8,19,25-26H,1H3. The summed E-state index contributed by atoms with van der Waals surface area (Å²) in [6.45, 7) is 1.85. The molecule has 0 spiro atoms. The maximum atomic E-state index is 14.1. The van der Waals surface area contributed by atoms with E-state index in [4.69, 9.17) is 16.0 Å². The van der Waals surface area contributed by atoms with Crippen LogP contribution < -0.4 is 0 Å². The van der Waals surface area contributed by atoms with Gasteiger partial charge in [0, 0.05) is 0 Å². The van der Waals surface area contributed by atoms with Crippen molar-refractivity contribution in [2.24, 2.45) is 0 Å². The Balaban J connectivity index is 1.99. The van der Waals surface area contributed by atoms with Gasteiger partial charge in [-0.3, -0.25) is 0 Å². The van der Waals surface area contributed by atoms with Gasteiger partial charge >= 0.3 is 0 Å². The number of aromatic hydroxyl groups is 2. The molecule has 27 heavy (non-hydrogen) atoms. The van der Waals surface area contributed by atoms with E-state index in [1.165, 1.54) is 18.4 Å². The number of allylic oxidation sites excluding steroid dienone is 1. The van der Waals surface area contributed by atoms with Crippen LogP contribution in [0.5, 0.6) is 11.5 Å². The van der Waals surface area contributed by atoms with Gasteiger partial charge in [0.1, 0.15) is 17.6 Å². The van der Waals surface area contributed by atoms with E-state index in [-0.39, 0.29) is 10.8 Å². The van der Waals surface area contributed by atoms with Crippen LogP contribution in [0.15, 0.2) is 41.0 Å². The molecule has 0 fully saturated rings. The van der Waals surface area contributed by atoms with Crippen LogP contribution in [0.3, 0.4) is 0 Å². The molecule has 3 aromatic rings. The predicted octanol–water partition coefficient (Wildman–Crippen LogP) is 5.35. The third kappa shape index (κ3) is 2.66. The second-order valence-corrected chi connectivity index (χ2v) is 6.80. The number of nitrogens with zero attached hydrogens (tertiary/aromatic N) is 1. The van der Waals surface area contributed by atoms with E-state index in [1.54, 1.807) is 18.2 Å². The fourth-order valence-corrected chi connectivity index (χ4v) is 3.76. The fourth-order valence-electron chi connectivity index (χ4n) is 3.55. The van der Waals surface area contributed by atoms with Crippen LogP contribution in [0.25, 0.3) is 11.6 Å². The monoisotopic (exact) mass is 381 g/mol. The number of hydrogen-bond donors (Lipinski definition) is 2. The number of halogens is 2. The summed E-state index contributed by atoms with van der Waals surface area (Å²) in [7, 11) is 0. The molecule has 1 aliphatic carbocycles. The Kier molecular flexibility index (Phi) is 3.94. The van der Waals surface area contributed by atoms with Gasteiger partial charge in [-0.25, -0.2) is 4.39 Å². The van der Waals surface area contributed by atoms with Crippen molar-refractivity contribution in [3.8, 4) is 17.6 Å². The van der Waals surface area contributed by atoms with Crippen molar-refractivity contribution in [2.75, 3.05) is 0 Å². The lowest BCUT2D eigenvalue weighted by Crippen LogP contribution is -2.03. The van der Waals surface area contributed by atoms with Crippen molar-refractivity contribution >= 4 is 23.3 Å². The van der Waals surface area contributed by atoms with E-state index < -0.39 is 17.5 Å². The van der Waals surface area contributed by atoms with Crippen molar-refractivity contribution in [1.82, 2.24) is 0 Å². The first-order valence-corrected chi connectivity index (χ1v) is 8.49. The second-order valence-electron chi connectivity index (χ2n) is 6.40. The third-order valence-electron chi connectivity index (χ3n) is 4.75. The van der Waals surface area contributed by atoms with Gasteiger partial charge < -0.3 is 14.6 Å². The van der Waals surface area contributed by atoms with Crippen LogP contribution in [0.1, 0.15) is 39.5 Å². The van der Waals surface area contributed by atoms with E-state index in [2.05, 4.69) is 6.07 Å². The zero-order valence-electron chi connectivity index (χ0n) is 14.1. The van der Waals surface area contributed by atoms with E-state index in [0.717, 1.165) is 16.7 Å². The first-order valence-electron chi connectivity index (χ1n) is 8.11. The summed E-state index contributed by atoms with van der Waals surface area (Å²) in [5, 5.41) is 29.0. The zero-order chi connectivity index (χ0) is 19.3. The minimum absolute atomic E-state index is 0.0888. The van der Waals surface area contributed by atoms with Gasteiger partial charge in [0.25, 0.3) is 0 Å². The van der Waals surface area contributed by atoms with Gasteiger partial charge in [-0.1, -0.05) is 11.6 Å². The molecule has 2 aromatic carbocycles. The Morgan fingerprint density at radius 1 is 1.22 bits per heavy atom. The summed E-state index contributed by atoms with van der Waals surface area (Å²) in [4.78, 5) is 0. The van der Waals surface area contributed by atoms with Crippen LogP contribution in [0.2, 0.25) is 5.02 Å². The molecule has 0 amide bonds. The molecule has 2 N–H and O–H groups in total. The molecular formula is C21H13ClFNO3. The Labute approximate surface area is 159 Å². The molecule has 0 bridgehead atoms. The summed E-state index contributed by atoms with van der Waals surface area (Å²) in [5.74, 6) is -1.48. The van der Waals surface area contributed by atoms with Crippen molar-refractivity contribution in [2.45, 2.75) is 12.8 Å². The Bertz CT molecular complexity index is 1130. The van der Waals surface area contributed by atoms with Crippen LogP contribution in [0.4, 0.5) is 4.39 Å². The van der Waals surface area contributed by atoms with Gasteiger partial charge in [-0.2, -0.15) is 5.26 Å². The topological polar surface area (TPSA) is 77.4 Å². The average Bonchev–Trinajstić information content (AvgIpc) is 3.22. The van der Waals surface area contributed by atoms with E-state index in [9.17, 15) is 19.9 Å². The normalized spacial score (nSPS) is 15.3. The molecule has 1 unspecified atom stereocenters. The molecule has 0 aliphatic heterocycles. The highest BCUT2D eigenvalue weighted by molar-refractivity contribution is 6.32. The smallest absolute Gasteiger partial charge is 0.170 e. The molecule has 0 saturated carbocycles. The number of rotatable bonds is 2. The summed E-state index contributed by atoms with van der Waals surface area (Å²) in [5.41, 5.74) is 3.91. The molecule has 1 heterocycles. The van der Waals surface area contributed by atoms with Gasteiger partial charge in [-0.05, 0) is 71.2 Å². The first kappa shape index (κ1) is 17.2. The average molecular weight is 382 g/mol. The number of benzene rings is 2. The van der Waals surface area contributed by atoms with Crippen LogP contribution in [-0.2, 0) is 0 Å². The third-order valence-corrected chi connectivity index (χ3v) is 5.04. The Hall–Kier alpha value is -3.23. The highest BCUT2D eigenvalue weighted by Gasteiger charge is 2.34. The molecule has 1 atom stereocenters. The molecule has 134 valence electrons. The highest BCUT2D eigenvalue weighted by Crippen LogP contribution is 2.49. The molecule has 6 heteroatoms. The van der Waals surface area contributed by atoms with Crippen molar-refractivity contribution in [3.05, 3.63) is 81.0 Å². The summed E-state index contributed by atoms with van der Waals surface area (Å²) in [6.07, 6.45) is 3.28. The Morgan fingerprint density at radius 3 is 2.70 bits per heavy atom. The number of furan rings is 1. The van der Waals surface area contributed by atoms with E-state index >= 15 is 0 Å². The van der Waals surface area contributed by atoms with Gasteiger partial charge in [-0.15, -0.1) is 0 Å². The van der Waals surface area contributed by atoms with Gasteiger partial charge in [0.15, 0.2) is 11.6 Å². The molecule has 1 aliphatic rings. The second kappa shape index (κ2) is 6.19. The Morgan fingerprint density at radius 2 is 2.00 bits per heavy atom. The fraction of sp³-hybridized carbons (Fsp3) is 0.0952. The maximum absolute atomic E-state index is 14.1. The van der Waals surface area contributed by atoms with Crippen molar-refractivity contribution in [1.29, 1.82) is 5.26 Å². The number of phenols is 2. The molecule has 0 saturated heterocycles. The lowest BCUT2D eigenvalue weighted by molar-refractivity contribution is 0.432. The molecule has 4 nitrogen and oxygen atoms in total. The largest absolute Gasteiger partial charge is 0.508 e. The number of hydrogen-bond acceptors (Lipinski definition) is 4. The SMILES string of the molecule is Cc1cc(O)cc2c1C=C(c1cc(F)c(O)c(Cl)c1)C2c1occc1C#N. The van der Waals surface area contributed by atoms with Gasteiger partial charge in [0.05, 0.1) is 22.8 Å². The van der Waals surface area contributed by atoms with Crippen molar-refractivity contribution in [3.63, 3.8) is 0 Å². The minimum atomic E-state index is -0.840.